The van der Waals surface area contributed by atoms with E-state index in [0.717, 1.165) is 16.3 Å². The van der Waals surface area contributed by atoms with Gasteiger partial charge in [-0.05, 0) is 24.3 Å². The summed E-state index contributed by atoms with van der Waals surface area (Å²) in [5, 5.41) is 17.1. The highest BCUT2D eigenvalue weighted by atomic mass is 32.1. The molecule has 0 saturated carbocycles. The van der Waals surface area contributed by atoms with E-state index < -0.39 is 0 Å². The predicted octanol–water partition coefficient (Wildman–Crippen LogP) is 4.78. The standard InChI is InChI=1S/C22H21N5O2S/c1-14(2)21-24-25-22(30-21)23-20(28)18-13-27(16-9-5-4-6-10-16)26-19(18)15-8-7-11-17(12-15)29-3/h4-14H,1-3H3,(H,23,25,28). The molecule has 1 amide bonds. The number of amides is 1. The van der Waals surface area contributed by atoms with Gasteiger partial charge in [0.2, 0.25) is 5.13 Å². The lowest BCUT2D eigenvalue weighted by molar-refractivity contribution is 0.102. The Morgan fingerprint density at radius 3 is 2.60 bits per heavy atom. The number of para-hydroxylation sites is 1. The molecule has 0 aliphatic rings. The van der Waals surface area contributed by atoms with Crippen LogP contribution in [0.3, 0.4) is 0 Å². The second kappa shape index (κ2) is 8.46. The van der Waals surface area contributed by atoms with E-state index in [1.54, 1.807) is 18.0 Å². The van der Waals surface area contributed by atoms with Crippen molar-refractivity contribution in [3.05, 3.63) is 71.4 Å². The lowest BCUT2D eigenvalue weighted by Gasteiger charge is -2.05. The maximum absolute atomic E-state index is 13.1. The van der Waals surface area contributed by atoms with Crippen molar-refractivity contribution in [1.29, 1.82) is 0 Å². The van der Waals surface area contributed by atoms with Gasteiger partial charge in [-0.15, -0.1) is 10.2 Å². The Hall–Kier alpha value is -3.52. The minimum Gasteiger partial charge on any atom is -0.497 e. The fourth-order valence-corrected chi connectivity index (χ4v) is 3.66. The maximum Gasteiger partial charge on any atom is 0.261 e. The molecule has 1 N–H and O–H groups in total. The number of carbonyl (C=O) groups excluding carboxylic acids is 1. The fourth-order valence-electron chi connectivity index (χ4n) is 2.92. The van der Waals surface area contributed by atoms with Gasteiger partial charge < -0.3 is 4.74 Å². The maximum atomic E-state index is 13.1. The van der Waals surface area contributed by atoms with Crippen molar-refractivity contribution in [3.8, 4) is 22.7 Å². The minimum absolute atomic E-state index is 0.251. The van der Waals surface area contributed by atoms with Crippen LogP contribution in [0, 0.1) is 0 Å². The third kappa shape index (κ3) is 4.08. The summed E-state index contributed by atoms with van der Waals surface area (Å²) in [6, 6.07) is 17.1. The lowest BCUT2D eigenvalue weighted by Crippen LogP contribution is -2.12. The van der Waals surface area contributed by atoms with Gasteiger partial charge >= 0.3 is 0 Å². The SMILES string of the molecule is COc1cccc(-c2nn(-c3ccccc3)cc2C(=O)Nc2nnc(C(C)C)s2)c1. The fraction of sp³-hybridized carbons (Fsp3) is 0.182. The molecule has 0 atom stereocenters. The summed E-state index contributed by atoms with van der Waals surface area (Å²) < 4.78 is 7.03. The lowest BCUT2D eigenvalue weighted by atomic mass is 10.1. The number of anilines is 1. The molecular weight excluding hydrogens is 398 g/mol. The Balaban J connectivity index is 1.74. The molecular formula is C22H21N5O2S. The molecule has 7 nitrogen and oxygen atoms in total. The largest absolute Gasteiger partial charge is 0.497 e. The Labute approximate surface area is 178 Å². The number of hydrogen-bond acceptors (Lipinski definition) is 6. The van der Waals surface area contributed by atoms with Crippen molar-refractivity contribution in [2.24, 2.45) is 0 Å². The molecule has 152 valence electrons. The van der Waals surface area contributed by atoms with E-state index in [2.05, 4.69) is 20.6 Å². The number of hydrogen-bond donors (Lipinski definition) is 1. The van der Waals surface area contributed by atoms with Crippen LogP contribution in [-0.4, -0.2) is 33.0 Å². The van der Waals surface area contributed by atoms with E-state index in [1.807, 2.05) is 68.4 Å². The van der Waals surface area contributed by atoms with Crippen molar-refractivity contribution in [2.75, 3.05) is 12.4 Å². The first-order valence-corrected chi connectivity index (χ1v) is 10.3. The van der Waals surface area contributed by atoms with Crippen molar-refractivity contribution in [3.63, 3.8) is 0 Å². The van der Waals surface area contributed by atoms with Gasteiger partial charge in [0.1, 0.15) is 16.5 Å². The molecule has 0 unspecified atom stereocenters. The number of ether oxygens (including phenoxy) is 1. The smallest absolute Gasteiger partial charge is 0.261 e. The molecule has 0 fully saturated rings. The zero-order chi connectivity index (χ0) is 21.1. The van der Waals surface area contributed by atoms with Crippen molar-refractivity contribution in [2.45, 2.75) is 19.8 Å². The zero-order valence-electron chi connectivity index (χ0n) is 16.9. The molecule has 2 aromatic carbocycles. The summed E-state index contributed by atoms with van der Waals surface area (Å²) in [6.45, 7) is 4.08. The van der Waals surface area contributed by atoms with Crippen LogP contribution < -0.4 is 10.1 Å². The second-order valence-corrected chi connectivity index (χ2v) is 7.97. The van der Waals surface area contributed by atoms with E-state index in [0.29, 0.717) is 22.1 Å². The van der Waals surface area contributed by atoms with Crippen molar-refractivity contribution < 1.29 is 9.53 Å². The van der Waals surface area contributed by atoms with Gasteiger partial charge in [0.05, 0.1) is 18.4 Å². The van der Waals surface area contributed by atoms with Crippen LogP contribution in [0.15, 0.2) is 60.8 Å². The normalized spacial score (nSPS) is 10.9. The van der Waals surface area contributed by atoms with E-state index in [9.17, 15) is 4.79 Å². The third-order valence-corrected chi connectivity index (χ3v) is 5.62. The summed E-state index contributed by atoms with van der Waals surface area (Å²) in [4.78, 5) is 13.1. The summed E-state index contributed by atoms with van der Waals surface area (Å²) in [7, 11) is 1.61. The van der Waals surface area contributed by atoms with E-state index in [1.165, 1.54) is 11.3 Å². The summed E-state index contributed by atoms with van der Waals surface area (Å²) >= 11 is 1.37. The molecule has 4 rings (SSSR count). The van der Waals surface area contributed by atoms with Crippen LogP contribution in [0.4, 0.5) is 5.13 Å². The topological polar surface area (TPSA) is 81.9 Å². The van der Waals surface area contributed by atoms with E-state index in [-0.39, 0.29) is 11.8 Å². The van der Waals surface area contributed by atoms with Crippen LogP contribution in [0.1, 0.15) is 35.1 Å². The highest BCUT2D eigenvalue weighted by Gasteiger charge is 2.21. The first-order valence-electron chi connectivity index (χ1n) is 9.49. The van der Waals surface area contributed by atoms with Crippen molar-refractivity contribution >= 4 is 22.4 Å². The summed E-state index contributed by atoms with van der Waals surface area (Å²) in [5.74, 6) is 0.654. The molecule has 8 heteroatoms. The highest BCUT2D eigenvalue weighted by molar-refractivity contribution is 7.15. The molecule has 0 aliphatic carbocycles. The van der Waals surface area contributed by atoms with E-state index in [4.69, 9.17) is 4.74 Å². The Morgan fingerprint density at radius 2 is 1.90 bits per heavy atom. The Kier molecular flexibility index (Phi) is 5.58. The average Bonchev–Trinajstić information content (AvgIpc) is 3.42. The summed E-state index contributed by atoms with van der Waals surface area (Å²) in [6.07, 6.45) is 1.73. The Morgan fingerprint density at radius 1 is 1.10 bits per heavy atom. The van der Waals surface area contributed by atoms with Gasteiger partial charge in [-0.2, -0.15) is 5.10 Å². The van der Waals surface area contributed by atoms with Crippen molar-refractivity contribution in [1.82, 2.24) is 20.0 Å². The molecule has 0 saturated heterocycles. The monoisotopic (exact) mass is 419 g/mol. The van der Waals surface area contributed by atoms with Gasteiger partial charge in [-0.3, -0.25) is 10.1 Å². The van der Waals surface area contributed by atoms with Gasteiger partial charge in [0.25, 0.3) is 5.91 Å². The molecule has 0 aliphatic heterocycles. The summed E-state index contributed by atoms with van der Waals surface area (Å²) in [5.41, 5.74) is 2.64. The number of methoxy groups -OCH3 is 1. The zero-order valence-corrected chi connectivity index (χ0v) is 17.7. The quantitative estimate of drug-likeness (QED) is 0.487. The van der Waals surface area contributed by atoms with Crippen LogP contribution in [0.5, 0.6) is 5.75 Å². The number of benzene rings is 2. The number of rotatable bonds is 6. The molecule has 0 spiro atoms. The molecule has 0 bridgehead atoms. The van der Waals surface area contributed by atoms with Gasteiger partial charge in [-0.25, -0.2) is 4.68 Å². The molecule has 4 aromatic rings. The van der Waals surface area contributed by atoms with E-state index >= 15 is 0 Å². The van der Waals surface area contributed by atoms with Crippen LogP contribution >= 0.6 is 11.3 Å². The number of aromatic nitrogens is 4. The van der Waals surface area contributed by atoms with Crippen LogP contribution in [0.2, 0.25) is 0 Å². The van der Waals surface area contributed by atoms with Gasteiger partial charge in [0, 0.05) is 17.7 Å². The third-order valence-electron chi connectivity index (χ3n) is 4.48. The number of nitrogens with one attached hydrogen (secondary N) is 1. The van der Waals surface area contributed by atoms with Gasteiger partial charge in [-0.1, -0.05) is 55.5 Å². The van der Waals surface area contributed by atoms with Crippen LogP contribution in [-0.2, 0) is 0 Å². The molecule has 30 heavy (non-hydrogen) atoms. The Bertz CT molecular complexity index is 1170. The first-order chi connectivity index (χ1) is 14.5. The molecule has 0 radical (unpaired) electrons. The molecule has 2 aromatic heterocycles. The minimum atomic E-state index is -0.290. The van der Waals surface area contributed by atoms with Crippen LogP contribution in [0.25, 0.3) is 16.9 Å². The van der Waals surface area contributed by atoms with Gasteiger partial charge in [0.15, 0.2) is 0 Å². The number of nitrogens with zero attached hydrogens (tertiary/aromatic N) is 4. The predicted molar refractivity (Wildman–Crippen MR) is 118 cm³/mol. The first kappa shape index (κ1) is 19.8. The molecule has 2 heterocycles. The second-order valence-electron chi connectivity index (χ2n) is 6.96. The average molecular weight is 420 g/mol. The highest BCUT2D eigenvalue weighted by Crippen LogP contribution is 2.28. The number of carbonyl (C=O) groups is 1.